The van der Waals surface area contributed by atoms with E-state index in [-0.39, 0.29) is 0 Å². The van der Waals surface area contributed by atoms with Crippen LogP contribution in [0.1, 0.15) is 0 Å². The lowest BCUT2D eigenvalue weighted by Gasteiger charge is -2.11. The number of benzene rings is 5. The number of pyridine rings is 1. The number of nitrogens with zero attached hydrogens (tertiary/aromatic N) is 1. The molecule has 0 saturated heterocycles. The van der Waals surface area contributed by atoms with Crippen LogP contribution >= 0.6 is 11.3 Å². The Labute approximate surface area is 203 Å². The van der Waals surface area contributed by atoms with Gasteiger partial charge >= 0.3 is 0 Å². The molecule has 3 heteroatoms. The Morgan fingerprint density at radius 3 is 2.31 bits per heavy atom. The molecule has 0 N–H and O–H groups in total. The Morgan fingerprint density at radius 2 is 1.37 bits per heavy atom. The van der Waals surface area contributed by atoms with Crippen LogP contribution in [0.4, 0.5) is 0 Å². The van der Waals surface area contributed by atoms with E-state index < -0.39 is 0 Å². The van der Waals surface area contributed by atoms with Crippen molar-refractivity contribution in [2.45, 2.75) is 0 Å². The van der Waals surface area contributed by atoms with Crippen LogP contribution in [0, 0.1) is 0 Å². The van der Waals surface area contributed by atoms with Crippen LogP contribution in [0.5, 0.6) is 0 Å². The number of fused-ring (bicyclic) bond motifs is 15. The first-order chi connectivity index (χ1) is 17.3. The fraction of sp³-hybridized carbons (Fsp3) is 0. The summed E-state index contributed by atoms with van der Waals surface area (Å²) in [7, 11) is 0. The van der Waals surface area contributed by atoms with Gasteiger partial charge in [-0.15, -0.1) is 11.3 Å². The maximum atomic E-state index is 6.36. The average Bonchev–Trinajstić information content (AvgIpc) is 3.58. The summed E-state index contributed by atoms with van der Waals surface area (Å²) in [6.45, 7) is 0. The topological polar surface area (TPSA) is 17.6 Å². The highest BCUT2D eigenvalue weighted by molar-refractivity contribution is 7.26. The number of thiophene rings is 1. The van der Waals surface area contributed by atoms with Crippen molar-refractivity contribution in [1.82, 2.24) is 4.40 Å². The number of aromatic nitrogens is 1. The third kappa shape index (κ3) is 2.20. The van der Waals surface area contributed by atoms with Crippen molar-refractivity contribution in [3.05, 3.63) is 103 Å². The molecule has 4 aromatic heterocycles. The van der Waals surface area contributed by atoms with Gasteiger partial charge in [0.15, 0.2) is 0 Å². The minimum atomic E-state index is 0.936. The standard InChI is InChI=1S/C32H17NOS/c1-2-8-19-18(7-1)17-33-26-14-13-22-21-10-4-6-12-29(21)35-32(22)30(26)24-16-28-23(15-25(24)31(19)33)20-9-3-5-11-27(20)34-28/h1-17H. The molecule has 4 heterocycles. The summed E-state index contributed by atoms with van der Waals surface area (Å²) >= 11 is 1.89. The molecule has 0 saturated carbocycles. The molecule has 0 radical (unpaired) electrons. The molecule has 162 valence electrons. The van der Waals surface area contributed by atoms with E-state index in [1.54, 1.807) is 0 Å². The molecule has 2 nitrogen and oxygen atoms in total. The highest BCUT2D eigenvalue weighted by Crippen LogP contribution is 2.45. The molecule has 0 aliphatic carbocycles. The Bertz CT molecular complexity index is 2330. The summed E-state index contributed by atoms with van der Waals surface area (Å²) in [5, 5.41) is 11.3. The van der Waals surface area contributed by atoms with Crippen LogP contribution in [-0.4, -0.2) is 4.40 Å². The quantitative estimate of drug-likeness (QED) is 0.205. The van der Waals surface area contributed by atoms with Crippen LogP contribution in [0.2, 0.25) is 0 Å². The van der Waals surface area contributed by atoms with Crippen LogP contribution < -0.4 is 0 Å². The van der Waals surface area contributed by atoms with E-state index in [0.717, 1.165) is 11.2 Å². The minimum absolute atomic E-state index is 0.936. The van der Waals surface area contributed by atoms with E-state index in [0.29, 0.717) is 0 Å². The fourth-order valence-corrected chi connectivity index (χ4v) is 7.30. The number of hydrogen-bond acceptors (Lipinski definition) is 2. The van der Waals surface area contributed by atoms with Crippen molar-refractivity contribution in [3.8, 4) is 0 Å². The molecule has 9 rings (SSSR count). The van der Waals surface area contributed by atoms with Crippen molar-refractivity contribution in [2.24, 2.45) is 0 Å². The first-order valence-corrected chi connectivity index (χ1v) is 12.7. The number of para-hydroxylation sites is 1. The number of furan rings is 1. The molecule has 0 amide bonds. The Balaban J connectivity index is 1.64. The smallest absolute Gasteiger partial charge is 0.136 e. The van der Waals surface area contributed by atoms with Crippen LogP contribution in [-0.2, 0) is 0 Å². The lowest BCUT2D eigenvalue weighted by Crippen LogP contribution is -1.90. The molecule has 0 bridgehead atoms. The fourth-order valence-electron chi connectivity index (χ4n) is 6.04. The molecule has 0 atom stereocenters. The molecule has 0 aliphatic rings. The van der Waals surface area contributed by atoms with Gasteiger partial charge in [0.25, 0.3) is 0 Å². The van der Waals surface area contributed by atoms with E-state index in [1.165, 1.54) is 68.9 Å². The predicted octanol–water partition coefficient (Wildman–Crippen LogP) is 9.67. The first-order valence-electron chi connectivity index (χ1n) is 11.9. The second kappa shape index (κ2) is 6.21. The van der Waals surface area contributed by atoms with Gasteiger partial charge in [-0.3, -0.25) is 0 Å². The Kier molecular flexibility index (Phi) is 3.20. The minimum Gasteiger partial charge on any atom is -0.456 e. The van der Waals surface area contributed by atoms with Crippen LogP contribution in [0.15, 0.2) is 108 Å². The zero-order chi connectivity index (χ0) is 22.7. The molecule has 0 fully saturated rings. The summed E-state index contributed by atoms with van der Waals surface area (Å²) in [5.74, 6) is 0. The number of rotatable bonds is 0. The summed E-state index contributed by atoms with van der Waals surface area (Å²) in [4.78, 5) is 0. The lowest BCUT2D eigenvalue weighted by atomic mass is 9.99. The Morgan fingerprint density at radius 1 is 0.571 bits per heavy atom. The van der Waals surface area contributed by atoms with Crippen molar-refractivity contribution in [1.29, 1.82) is 0 Å². The largest absolute Gasteiger partial charge is 0.456 e. The zero-order valence-electron chi connectivity index (χ0n) is 18.6. The molecule has 5 aromatic carbocycles. The molecule has 9 aromatic rings. The highest BCUT2D eigenvalue weighted by Gasteiger charge is 2.19. The van der Waals surface area contributed by atoms with E-state index in [2.05, 4.69) is 102 Å². The molecular weight excluding hydrogens is 446 g/mol. The van der Waals surface area contributed by atoms with E-state index in [9.17, 15) is 0 Å². The van der Waals surface area contributed by atoms with E-state index in [1.807, 2.05) is 17.4 Å². The summed E-state index contributed by atoms with van der Waals surface area (Å²) < 4.78 is 11.4. The molecule has 0 aliphatic heterocycles. The monoisotopic (exact) mass is 463 g/mol. The third-order valence-electron chi connectivity index (χ3n) is 7.55. The Hall–Kier alpha value is -4.34. The first kappa shape index (κ1) is 18.0. The number of hydrogen-bond donors (Lipinski definition) is 0. The second-order valence-electron chi connectivity index (χ2n) is 9.36. The van der Waals surface area contributed by atoms with Crippen molar-refractivity contribution in [2.75, 3.05) is 0 Å². The predicted molar refractivity (Wildman–Crippen MR) is 150 cm³/mol. The van der Waals surface area contributed by atoms with Gasteiger partial charge in [-0.05, 0) is 35.7 Å². The van der Waals surface area contributed by atoms with Crippen LogP contribution in [0.3, 0.4) is 0 Å². The van der Waals surface area contributed by atoms with E-state index >= 15 is 0 Å². The van der Waals surface area contributed by atoms with Gasteiger partial charge in [-0.25, -0.2) is 0 Å². The molecular formula is C32H17NOS. The maximum Gasteiger partial charge on any atom is 0.136 e. The zero-order valence-corrected chi connectivity index (χ0v) is 19.4. The summed E-state index contributed by atoms with van der Waals surface area (Å²) in [5.41, 5.74) is 4.37. The van der Waals surface area contributed by atoms with Gasteiger partial charge < -0.3 is 8.82 Å². The van der Waals surface area contributed by atoms with Gasteiger partial charge in [-0.2, -0.15) is 0 Å². The van der Waals surface area contributed by atoms with Gasteiger partial charge in [-0.1, -0.05) is 66.7 Å². The molecule has 35 heavy (non-hydrogen) atoms. The summed E-state index contributed by atoms with van der Waals surface area (Å²) in [6.07, 6.45) is 2.29. The lowest BCUT2D eigenvalue weighted by molar-refractivity contribution is 0.669. The highest BCUT2D eigenvalue weighted by atomic mass is 32.1. The van der Waals surface area contributed by atoms with Gasteiger partial charge in [0, 0.05) is 58.7 Å². The van der Waals surface area contributed by atoms with Gasteiger partial charge in [0.2, 0.25) is 0 Å². The van der Waals surface area contributed by atoms with E-state index in [4.69, 9.17) is 4.42 Å². The second-order valence-corrected chi connectivity index (χ2v) is 10.4. The van der Waals surface area contributed by atoms with Crippen LogP contribution in [0.25, 0.3) is 80.1 Å². The van der Waals surface area contributed by atoms with Gasteiger partial charge in [0.1, 0.15) is 11.2 Å². The van der Waals surface area contributed by atoms with Gasteiger partial charge in [0.05, 0.1) is 11.0 Å². The maximum absolute atomic E-state index is 6.36. The van der Waals surface area contributed by atoms with Crippen molar-refractivity contribution < 1.29 is 4.42 Å². The van der Waals surface area contributed by atoms with Crippen molar-refractivity contribution in [3.63, 3.8) is 0 Å². The van der Waals surface area contributed by atoms with Crippen molar-refractivity contribution >= 4 is 91.4 Å². The molecule has 0 spiro atoms. The normalized spacial score (nSPS) is 12.6. The molecule has 0 unspecified atom stereocenters. The average molecular weight is 464 g/mol. The summed E-state index contributed by atoms with van der Waals surface area (Å²) in [6, 6.07) is 35.0. The third-order valence-corrected chi connectivity index (χ3v) is 8.75. The SMILES string of the molecule is c1ccc2c(c1)cn1c3ccc4c5ccccc5sc4c3c3cc4oc5ccccc5c4cc3c21.